The predicted octanol–water partition coefficient (Wildman–Crippen LogP) is 6.71. The summed E-state index contributed by atoms with van der Waals surface area (Å²) < 4.78 is 51.8. The van der Waals surface area contributed by atoms with Crippen LogP contribution in [-0.4, -0.2) is 0 Å². The molecule has 0 amide bonds. The molecule has 0 spiro atoms. The summed E-state index contributed by atoms with van der Waals surface area (Å²) in [7, 11) is -8.57. The second-order valence-electron chi connectivity index (χ2n) is 7.53. The van der Waals surface area contributed by atoms with E-state index < -0.39 is 15.6 Å². The highest BCUT2D eigenvalue weighted by Crippen LogP contribution is 2.63. The molecule has 0 N–H and O–H groups in total. The van der Waals surface area contributed by atoms with Crippen molar-refractivity contribution in [3.8, 4) is 0 Å². The largest absolute Gasteiger partial charge is 0.622 e. The number of phosphoric ester groups is 1. The summed E-state index contributed by atoms with van der Waals surface area (Å²) in [6, 6.07) is 32.7. The predicted molar refractivity (Wildman–Crippen MR) is 132 cm³/mol. The Kier molecular flexibility index (Phi) is 8.78. The third-order valence-corrected chi connectivity index (χ3v) is 8.69. The van der Waals surface area contributed by atoms with Crippen molar-refractivity contribution >= 4 is 15.6 Å². The molecule has 1 unspecified atom stereocenters. The normalized spacial score (nSPS) is 13.3. The minimum Gasteiger partial charge on any atom is -0.282 e. The molecule has 0 bridgehead atoms. The lowest BCUT2D eigenvalue weighted by molar-refractivity contribution is -0.539. The van der Waals surface area contributed by atoms with Crippen molar-refractivity contribution in [1.29, 1.82) is 0 Å². The van der Waals surface area contributed by atoms with E-state index in [-0.39, 0.29) is 19.8 Å². The van der Waals surface area contributed by atoms with E-state index in [2.05, 4.69) is 0 Å². The van der Waals surface area contributed by atoms with E-state index in [1.165, 1.54) is 16.7 Å². The van der Waals surface area contributed by atoms with Gasteiger partial charge in [-0.2, -0.15) is 8.88 Å². The third-order valence-electron chi connectivity index (χ3n) is 4.89. The van der Waals surface area contributed by atoms with Gasteiger partial charge in [0.2, 0.25) is 0 Å². The van der Waals surface area contributed by atoms with Gasteiger partial charge in [-0.05, 0) is 16.7 Å². The first-order valence-electron chi connectivity index (χ1n) is 11.0. The second-order valence-corrected chi connectivity index (χ2v) is 11.3. The standard InChI is InChI=1S/C26H26NO6P2/c28-34(27-19-11-4-12-20-27,30-21-24-13-5-1-6-14-24)33-35(29,31-22-25-15-7-2-8-16-25)32-23-26-17-9-3-10-18-26/h1-20H,21-23H2/q+1. The molecule has 0 radical (unpaired) electrons. The van der Waals surface area contributed by atoms with Crippen LogP contribution in [0.4, 0.5) is 0 Å². The van der Waals surface area contributed by atoms with Gasteiger partial charge in [0.1, 0.15) is 0 Å². The first kappa shape index (κ1) is 25.2. The van der Waals surface area contributed by atoms with E-state index in [9.17, 15) is 9.13 Å². The average Bonchev–Trinajstić information content (AvgIpc) is 2.92. The number of aromatic nitrogens is 1. The Labute approximate surface area is 205 Å². The molecule has 180 valence electrons. The molecular weight excluding hydrogens is 484 g/mol. The monoisotopic (exact) mass is 510 g/mol. The molecule has 0 saturated carbocycles. The van der Waals surface area contributed by atoms with Crippen LogP contribution in [-0.2, 0) is 46.8 Å². The number of hydrogen-bond acceptors (Lipinski definition) is 6. The van der Waals surface area contributed by atoms with Crippen molar-refractivity contribution in [2.24, 2.45) is 0 Å². The smallest absolute Gasteiger partial charge is 0.282 e. The summed E-state index contributed by atoms with van der Waals surface area (Å²) in [6.07, 6.45) is 3.04. The van der Waals surface area contributed by atoms with Crippen LogP contribution in [0.3, 0.4) is 0 Å². The summed E-state index contributed by atoms with van der Waals surface area (Å²) in [5.41, 5.74) is 2.29. The molecule has 4 aromatic rings. The van der Waals surface area contributed by atoms with Gasteiger partial charge in [0, 0.05) is 12.1 Å². The Morgan fingerprint density at radius 3 is 1.31 bits per heavy atom. The van der Waals surface area contributed by atoms with Crippen LogP contribution in [0.1, 0.15) is 16.7 Å². The maximum Gasteiger partial charge on any atom is 0.622 e. The molecule has 9 heteroatoms. The maximum atomic E-state index is 14.0. The minimum atomic E-state index is -4.37. The average molecular weight is 510 g/mol. The van der Waals surface area contributed by atoms with Crippen molar-refractivity contribution in [1.82, 2.24) is 0 Å². The fourth-order valence-corrected chi connectivity index (χ4v) is 6.61. The van der Waals surface area contributed by atoms with Crippen molar-refractivity contribution < 1.29 is 31.3 Å². The van der Waals surface area contributed by atoms with Crippen molar-refractivity contribution in [2.45, 2.75) is 19.8 Å². The summed E-state index contributed by atoms with van der Waals surface area (Å²) in [5, 5.41) is 0. The van der Waals surface area contributed by atoms with Crippen LogP contribution in [0.25, 0.3) is 0 Å². The summed E-state index contributed by atoms with van der Waals surface area (Å²) >= 11 is 0. The fourth-order valence-electron chi connectivity index (χ4n) is 3.08. The number of rotatable bonds is 12. The van der Waals surface area contributed by atoms with E-state index in [4.69, 9.17) is 17.9 Å². The molecular formula is C26H26NO6P2+. The summed E-state index contributed by atoms with van der Waals surface area (Å²) in [6.45, 7) is -0.159. The van der Waals surface area contributed by atoms with Crippen LogP contribution in [0.2, 0.25) is 0 Å². The highest BCUT2D eigenvalue weighted by atomic mass is 31.3. The first-order chi connectivity index (χ1) is 17.0. The number of benzene rings is 3. The van der Waals surface area contributed by atoms with Crippen molar-refractivity contribution in [2.75, 3.05) is 0 Å². The Balaban J connectivity index is 1.60. The molecule has 0 fully saturated rings. The van der Waals surface area contributed by atoms with Crippen molar-refractivity contribution in [3.05, 3.63) is 138 Å². The Hall–Kier alpha value is -2.89. The Morgan fingerprint density at radius 2 is 0.886 bits per heavy atom. The molecule has 0 aliphatic carbocycles. The van der Waals surface area contributed by atoms with Crippen LogP contribution in [0.5, 0.6) is 0 Å². The SMILES string of the molecule is O=P(OCc1ccccc1)(OCc1ccccc1)OP(=O)(OCc1ccccc1)[n+]1ccccc1. The van der Waals surface area contributed by atoms with Gasteiger partial charge in [0.05, 0.1) is 19.8 Å². The number of hydrogen-bond donors (Lipinski definition) is 0. The van der Waals surface area contributed by atoms with Gasteiger partial charge >= 0.3 is 15.6 Å². The van der Waals surface area contributed by atoms with Gasteiger partial charge in [-0.25, -0.2) is 9.09 Å². The van der Waals surface area contributed by atoms with E-state index >= 15 is 0 Å². The Morgan fingerprint density at radius 1 is 0.514 bits per heavy atom. The number of pyridine rings is 1. The molecule has 1 atom stereocenters. The van der Waals surface area contributed by atoms with Crippen LogP contribution >= 0.6 is 15.6 Å². The van der Waals surface area contributed by atoms with Gasteiger partial charge in [-0.15, -0.1) is 4.34 Å². The van der Waals surface area contributed by atoms with E-state index in [0.29, 0.717) is 0 Å². The van der Waals surface area contributed by atoms with Crippen LogP contribution in [0.15, 0.2) is 122 Å². The highest BCUT2D eigenvalue weighted by Gasteiger charge is 2.48. The number of nitrogens with zero attached hydrogens (tertiary/aromatic N) is 1. The number of phosphoric acid groups is 1. The fraction of sp³-hybridized carbons (Fsp3) is 0.115. The Bertz CT molecular complexity index is 1230. The lowest BCUT2D eigenvalue weighted by Crippen LogP contribution is -2.31. The van der Waals surface area contributed by atoms with E-state index in [1.807, 2.05) is 91.0 Å². The van der Waals surface area contributed by atoms with Crippen LogP contribution in [0, 0.1) is 0 Å². The topological polar surface area (TPSA) is 74.9 Å². The molecule has 35 heavy (non-hydrogen) atoms. The molecule has 1 heterocycles. The maximum absolute atomic E-state index is 14.0. The zero-order chi connectivity index (χ0) is 24.4. The van der Waals surface area contributed by atoms with Gasteiger partial charge in [0.25, 0.3) is 0 Å². The zero-order valence-corrected chi connectivity index (χ0v) is 20.7. The molecule has 3 aromatic carbocycles. The van der Waals surface area contributed by atoms with Crippen molar-refractivity contribution in [3.63, 3.8) is 0 Å². The van der Waals surface area contributed by atoms with E-state index in [1.54, 1.807) is 18.2 Å². The lowest BCUT2D eigenvalue weighted by atomic mass is 10.2. The second kappa shape index (κ2) is 12.2. The molecule has 0 aliphatic heterocycles. The van der Waals surface area contributed by atoms with Crippen LogP contribution < -0.4 is 4.34 Å². The quantitative estimate of drug-likeness (QED) is 0.197. The van der Waals surface area contributed by atoms with Gasteiger partial charge in [-0.1, -0.05) is 97.1 Å². The third kappa shape index (κ3) is 7.55. The summed E-state index contributed by atoms with van der Waals surface area (Å²) in [5.74, 6) is 0. The summed E-state index contributed by atoms with van der Waals surface area (Å²) in [4.78, 5) is 0. The van der Waals surface area contributed by atoms with Gasteiger partial charge in [-0.3, -0.25) is 9.05 Å². The first-order valence-corrected chi connectivity index (χ1v) is 13.9. The highest BCUT2D eigenvalue weighted by molar-refractivity contribution is 7.61. The minimum absolute atomic E-state index is 0.0304. The molecule has 4 rings (SSSR count). The molecule has 0 saturated heterocycles. The zero-order valence-electron chi connectivity index (χ0n) is 19.0. The molecule has 7 nitrogen and oxygen atoms in total. The molecule has 1 aromatic heterocycles. The molecule has 0 aliphatic rings. The van der Waals surface area contributed by atoms with Gasteiger partial charge < -0.3 is 0 Å². The van der Waals surface area contributed by atoms with Gasteiger partial charge in [0.15, 0.2) is 12.4 Å². The van der Waals surface area contributed by atoms with E-state index in [0.717, 1.165) is 16.7 Å². The lowest BCUT2D eigenvalue weighted by Gasteiger charge is -2.20.